The molecule has 0 bridgehead atoms. The fourth-order valence-electron chi connectivity index (χ4n) is 5.98. The molecule has 0 radical (unpaired) electrons. The van der Waals surface area contributed by atoms with Crippen LogP contribution in [0.2, 0.25) is 10.0 Å². The second-order valence-corrected chi connectivity index (χ2v) is 14.4. The van der Waals surface area contributed by atoms with E-state index < -0.39 is 21.8 Å². The molecule has 1 N–H and O–H groups in total. The average molecular weight is 794 g/mol. The van der Waals surface area contributed by atoms with E-state index in [1.165, 1.54) is 0 Å². The van der Waals surface area contributed by atoms with Crippen molar-refractivity contribution in [2.75, 3.05) is 41.9 Å². The van der Waals surface area contributed by atoms with E-state index in [2.05, 4.69) is 32.7 Å². The van der Waals surface area contributed by atoms with Crippen molar-refractivity contribution >= 4 is 83.7 Å². The fourth-order valence-corrected chi connectivity index (χ4v) is 7.20. The van der Waals surface area contributed by atoms with E-state index in [1.807, 2.05) is 76.8 Å². The largest absolute Gasteiger partial charge is 0.492 e. The number of aromatic nitrogens is 2. The molecule has 3 aromatic carbocycles. The van der Waals surface area contributed by atoms with Gasteiger partial charge in [0.2, 0.25) is 0 Å². The van der Waals surface area contributed by atoms with Crippen molar-refractivity contribution < 1.29 is 31.8 Å². The second kappa shape index (κ2) is 16.0. The number of rotatable bonds is 14. The first kappa shape index (κ1) is 36.7. The molecule has 0 spiro atoms. The molecule has 49 heavy (non-hydrogen) atoms. The lowest BCUT2D eigenvalue weighted by molar-refractivity contribution is -0.673. The van der Waals surface area contributed by atoms with E-state index >= 15 is 0 Å². The molecule has 1 aliphatic heterocycles. The summed E-state index contributed by atoms with van der Waals surface area (Å²) in [6.45, 7) is 8.48. The number of anilines is 2. The Morgan fingerprint density at radius 3 is 2.41 bits per heavy atom. The Bertz CT molecular complexity index is 2020. The van der Waals surface area contributed by atoms with Crippen LogP contribution in [0.15, 0.2) is 77.0 Å². The first-order chi connectivity index (χ1) is 23.5. The maximum atomic E-state index is 12.7. The van der Waals surface area contributed by atoms with Gasteiger partial charge in [-0.3, -0.25) is 4.55 Å². The standard InChI is InChI=1S/C35H37BrCl2N4O6S/c1-4-39-30-21-26(36)28(38)23-32(30)42(17-18-48-24-12-8-7-9-13-24)34(39)15-10-14-33-40(5-2)31-22-27(37)25(35(43)47-6-3)20-29(31)41(33)16-11-19-49(44,45)46/h7-10,12-15,20-23H,4-6,11,16-19H2,1-3H3/p+1. The third-order valence-corrected chi connectivity index (χ3v) is 10.4. The smallest absolute Gasteiger partial charge is 0.339 e. The van der Waals surface area contributed by atoms with Crippen LogP contribution in [-0.2, 0) is 27.9 Å². The molecule has 1 aliphatic rings. The van der Waals surface area contributed by atoms with Gasteiger partial charge in [-0.05, 0) is 67.0 Å². The molecule has 10 nitrogen and oxygen atoms in total. The molecule has 0 amide bonds. The van der Waals surface area contributed by atoms with E-state index in [9.17, 15) is 17.8 Å². The zero-order valence-electron chi connectivity index (χ0n) is 27.4. The van der Waals surface area contributed by atoms with Gasteiger partial charge < -0.3 is 19.3 Å². The van der Waals surface area contributed by atoms with Crippen molar-refractivity contribution in [1.29, 1.82) is 0 Å². The zero-order valence-corrected chi connectivity index (χ0v) is 31.3. The number of nitrogens with zero attached hydrogens (tertiary/aromatic N) is 4. The van der Waals surface area contributed by atoms with E-state index in [4.69, 9.17) is 32.7 Å². The fraction of sp³-hybridized carbons (Fsp3) is 0.314. The number of halogens is 3. The summed E-state index contributed by atoms with van der Waals surface area (Å²) in [6.07, 6.45) is 6.06. The number of carbonyl (C=O) groups excluding carboxylic acids is 1. The Morgan fingerprint density at radius 2 is 1.73 bits per heavy atom. The van der Waals surface area contributed by atoms with Gasteiger partial charge >= 0.3 is 5.97 Å². The highest BCUT2D eigenvalue weighted by Gasteiger charge is 2.31. The summed E-state index contributed by atoms with van der Waals surface area (Å²) in [5.41, 5.74) is 3.62. The molecular formula is C35H38BrCl2N4O6S+. The maximum Gasteiger partial charge on any atom is 0.339 e. The number of hydrogen-bond acceptors (Lipinski definition) is 7. The minimum Gasteiger partial charge on any atom is -0.492 e. The summed E-state index contributed by atoms with van der Waals surface area (Å²) in [7, 11) is -4.17. The van der Waals surface area contributed by atoms with Crippen LogP contribution >= 0.6 is 39.1 Å². The summed E-state index contributed by atoms with van der Waals surface area (Å²) in [6, 6.07) is 17.0. The van der Waals surface area contributed by atoms with Gasteiger partial charge in [-0.1, -0.05) is 47.5 Å². The number of ether oxygens (including phenoxy) is 2. The first-order valence-electron chi connectivity index (χ1n) is 16.0. The normalized spacial score (nSPS) is 14.0. The number of esters is 1. The third kappa shape index (κ3) is 8.26. The van der Waals surface area contributed by atoms with Crippen LogP contribution in [0.1, 0.15) is 43.4 Å². The molecule has 0 atom stereocenters. The predicted octanol–water partition coefficient (Wildman–Crippen LogP) is 7.75. The lowest BCUT2D eigenvalue weighted by Crippen LogP contribution is -2.37. The van der Waals surface area contributed by atoms with E-state index in [-0.39, 0.29) is 30.2 Å². The molecule has 5 rings (SSSR count). The molecule has 0 aliphatic carbocycles. The summed E-state index contributed by atoms with van der Waals surface area (Å²) in [5, 5.41) is 0.848. The number of imidazole rings is 1. The van der Waals surface area contributed by atoms with Gasteiger partial charge in [-0.15, -0.1) is 0 Å². The quantitative estimate of drug-likeness (QED) is 0.0786. The molecule has 0 fully saturated rings. The van der Waals surface area contributed by atoms with Gasteiger partial charge in [0.25, 0.3) is 15.9 Å². The summed E-state index contributed by atoms with van der Waals surface area (Å²) >= 11 is 16.7. The van der Waals surface area contributed by atoms with Crippen LogP contribution in [-0.4, -0.2) is 55.6 Å². The molecule has 14 heteroatoms. The number of aryl methyl sites for hydroxylation is 2. The van der Waals surface area contributed by atoms with Gasteiger partial charge in [-0.25, -0.2) is 13.9 Å². The Balaban J connectivity index is 1.57. The van der Waals surface area contributed by atoms with Crippen molar-refractivity contribution in [3.63, 3.8) is 0 Å². The lowest BCUT2D eigenvalue weighted by atomic mass is 10.2. The molecule has 0 saturated carbocycles. The second-order valence-electron chi connectivity index (χ2n) is 11.1. The van der Waals surface area contributed by atoms with E-state index in [1.54, 1.807) is 19.1 Å². The SMILES string of the molecule is CCOC(=O)c1cc2c(cc1Cl)n(CC)c(C=CC=C1N(CC)c3cc(Br)c(Cl)cc3N1CCOc1ccccc1)[n+]2CCCS(=O)(=O)O. The topological polar surface area (TPSA) is 105 Å². The monoisotopic (exact) mass is 791 g/mol. The first-order valence-corrected chi connectivity index (χ1v) is 19.1. The molecular weight excluding hydrogens is 755 g/mol. The maximum absolute atomic E-state index is 12.7. The minimum absolute atomic E-state index is 0.148. The minimum atomic E-state index is -4.17. The lowest BCUT2D eigenvalue weighted by Gasteiger charge is -2.24. The summed E-state index contributed by atoms with van der Waals surface area (Å²) in [4.78, 5) is 17.1. The number of hydrogen-bond donors (Lipinski definition) is 1. The Morgan fingerprint density at radius 1 is 1.00 bits per heavy atom. The predicted molar refractivity (Wildman–Crippen MR) is 198 cm³/mol. The highest BCUT2D eigenvalue weighted by molar-refractivity contribution is 9.10. The number of allylic oxidation sites excluding steroid dienone is 2. The summed E-state index contributed by atoms with van der Waals surface area (Å²) < 4.78 is 48.7. The third-order valence-electron chi connectivity index (χ3n) is 8.08. The van der Waals surface area contributed by atoms with Crippen LogP contribution in [0.5, 0.6) is 5.75 Å². The molecule has 2 heterocycles. The molecule has 0 unspecified atom stereocenters. The van der Waals surface area contributed by atoms with Crippen LogP contribution in [0.3, 0.4) is 0 Å². The van der Waals surface area contributed by atoms with Crippen molar-refractivity contribution in [2.24, 2.45) is 0 Å². The number of benzene rings is 3. The highest BCUT2D eigenvalue weighted by Crippen LogP contribution is 2.45. The Labute approximate surface area is 305 Å². The highest BCUT2D eigenvalue weighted by atomic mass is 79.9. The number of carbonyl (C=O) groups is 1. The Hall–Kier alpha value is -3.55. The van der Waals surface area contributed by atoms with Gasteiger partial charge in [0, 0.05) is 35.6 Å². The van der Waals surface area contributed by atoms with Gasteiger partial charge in [0.15, 0.2) is 11.0 Å². The van der Waals surface area contributed by atoms with Crippen molar-refractivity contribution in [3.8, 4) is 5.75 Å². The Kier molecular flexibility index (Phi) is 12.0. The van der Waals surface area contributed by atoms with Crippen molar-refractivity contribution in [3.05, 3.63) is 98.5 Å². The van der Waals surface area contributed by atoms with E-state index in [0.717, 1.165) is 38.8 Å². The van der Waals surface area contributed by atoms with Crippen LogP contribution < -0.4 is 19.1 Å². The number of fused-ring (bicyclic) bond motifs is 2. The van der Waals surface area contributed by atoms with Gasteiger partial charge in [0.1, 0.15) is 18.2 Å². The van der Waals surface area contributed by atoms with Crippen LogP contribution in [0.25, 0.3) is 17.1 Å². The van der Waals surface area contributed by atoms with Crippen molar-refractivity contribution in [1.82, 2.24) is 4.57 Å². The number of para-hydroxylation sites is 1. The summed E-state index contributed by atoms with van der Waals surface area (Å²) in [5.74, 6) is 1.50. The molecule has 1 aromatic heterocycles. The zero-order chi connectivity index (χ0) is 35.3. The molecule has 4 aromatic rings. The average Bonchev–Trinajstić information content (AvgIpc) is 3.50. The van der Waals surface area contributed by atoms with E-state index in [0.29, 0.717) is 36.8 Å². The van der Waals surface area contributed by atoms with Gasteiger partial charge in [-0.2, -0.15) is 8.42 Å². The van der Waals surface area contributed by atoms with Gasteiger partial charge in [0.05, 0.1) is 59.0 Å². The molecule has 0 saturated heterocycles. The van der Waals surface area contributed by atoms with Crippen LogP contribution in [0.4, 0.5) is 11.4 Å². The van der Waals surface area contributed by atoms with Crippen LogP contribution in [0, 0.1) is 0 Å². The molecule has 260 valence electrons. The van der Waals surface area contributed by atoms with Crippen molar-refractivity contribution in [2.45, 2.75) is 40.3 Å².